The number of aliphatic carboxylic acids is 1. The van der Waals surface area contributed by atoms with Gasteiger partial charge in [0.15, 0.2) is 6.10 Å². The molecule has 5 heteroatoms. The van der Waals surface area contributed by atoms with Crippen molar-refractivity contribution in [1.82, 2.24) is 0 Å². The Morgan fingerprint density at radius 3 is 1.90 bits per heavy atom. The number of nitrogens with zero attached hydrogens (tertiary/aromatic N) is 1. The molecule has 5 nitrogen and oxygen atoms in total. The van der Waals surface area contributed by atoms with Crippen molar-refractivity contribution in [3.8, 4) is 0 Å². The number of ether oxygens (including phenoxy) is 1. The number of quaternary nitrogens is 1. The maximum absolute atomic E-state index is 12.0. The van der Waals surface area contributed by atoms with Crippen molar-refractivity contribution < 1.29 is 23.9 Å². The summed E-state index contributed by atoms with van der Waals surface area (Å²) in [7, 11) is 5.86. The smallest absolute Gasteiger partial charge is 0.307 e. The molecule has 0 aromatic carbocycles. The van der Waals surface area contributed by atoms with E-state index in [-0.39, 0.29) is 12.4 Å². The summed E-state index contributed by atoms with van der Waals surface area (Å²) in [6.45, 7) is 2.63. The standard InChI is InChI=1S/C26H43NO4/c1-5-6-7-8-9-10-11-12-13-14-15-16-17-18-19-20-21-26(30)31-24(22-25(28)29)23-27(2,3)4/h6-7,9-10,12-13,15-16,24H,5,8,11,14,17-23H2,1-4H3/p+1/b7-6+,10-9+,13-12+,16-15+. The number of hydrogen-bond acceptors (Lipinski definition) is 3. The van der Waals surface area contributed by atoms with Crippen molar-refractivity contribution in [3.05, 3.63) is 48.6 Å². The molecule has 1 atom stereocenters. The van der Waals surface area contributed by atoms with Gasteiger partial charge in [0.25, 0.3) is 0 Å². The number of hydrogen-bond donors (Lipinski definition) is 1. The molecular formula is C26H44NO4+. The molecule has 0 rings (SSSR count). The summed E-state index contributed by atoms with van der Waals surface area (Å²) < 4.78 is 5.95. The van der Waals surface area contributed by atoms with Gasteiger partial charge in [0.2, 0.25) is 0 Å². The van der Waals surface area contributed by atoms with E-state index in [0.717, 1.165) is 51.4 Å². The van der Waals surface area contributed by atoms with E-state index in [4.69, 9.17) is 9.84 Å². The van der Waals surface area contributed by atoms with Crippen LogP contribution < -0.4 is 0 Å². The predicted molar refractivity (Wildman–Crippen MR) is 129 cm³/mol. The lowest BCUT2D eigenvalue weighted by Gasteiger charge is -2.28. The van der Waals surface area contributed by atoms with E-state index < -0.39 is 12.1 Å². The summed E-state index contributed by atoms with van der Waals surface area (Å²) in [5.41, 5.74) is 0. The average molecular weight is 435 g/mol. The van der Waals surface area contributed by atoms with Gasteiger partial charge in [-0.15, -0.1) is 0 Å². The van der Waals surface area contributed by atoms with Crippen LogP contribution >= 0.6 is 0 Å². The summed E-state index contributed by atoms with van der Waals surface area (Å²) in [6.07, 6.45) is 25.0. The first kappa shape index (κ1) is 28.9. The first-order valence-electron chi connectivity index (χ1n) is 11.6. The van der Waals surface area contributed by atoms with Gasteiger partial charge in [-0.1, -0.05) is 62.0 Å². The third-order valence-corrected chi connectivity index (χ3v) is 4.42. The van der Waals surface area contributed by atoms with Crippen LogP contribution in [0, 0.1) is 0 Å². The Hall–Kier alpha value is -2.14. The van der Waals surface area contributed by atoms with Crippen LogP contribution in [0.1, 0.15) is 71.1 Å². The first-order valence-corrected chi connectivity index (χ1v) is 11.6. The molecule has 176 valence electrons. The van der Waals surface area contributed by atoms with Gasteiger partial charge in [0.05, 0.1) is 27.6 Å². The number of carbonyl (C=O) groups is 2. The van der Waals surface area contributed by atoms with E-state index in [1.807, 2.05) is 21.1 Å². The van der Waals surface area contributed by atoms with Crippen molar-refractivity contribution in [3.63, 3.8) is 0 Å². The first-order chi connectivity index (χ1) is 14.7. The van der Waals surface area contributed by atoms with E-state index in [0.29, 0.717) is 17.4 Å². The lowest BCUT2D eigenvalue weighted by atomic mass is 10.1. The fourth-order valence-electron chi connectivity index (χ4n) is 3.00. The van der Waals surface area contributed by atoms with Crippen LogP contribution in [-0.4, -0.2) is 55.3 Å². The highest BCUT2D eigenvalue weighted by Gasteiger charge is 2.24. The molecule has 0 amide bonds. The Morgan fingerprint density at radius 1 is 0.839 bits per heavy atom. The number of carbonyl (C=O) groups excluding carboxylic acids is 1. The number of rotatable bonds is 18. The summed E-state index contributed by atoms with van der Waals surface area (Å²) in [5, 5.41) is 9.00. The quantitative estimate of drug-likeness (QED) is 0.127. The van der Waals surface area contributed by atoms with Crippen molar-refractivity contribution in [2.24, 2.45) is 0 Å². The van der Waals surface area contributed by atoms with Gasteiger partial charge >= 0.3 is 11.9 Å². The van der Waals surface area contributed by atoms with E-state index in [1.165, 1.54) is 0 Å². The SMILES string of the molecule is CC/C=C/C/C=C/C/C=C/C/C=C/CCCCCC(=O)OC(CC(=O)O)C[N+](C)(C)C. The lowest BCUT2D eigenvalue weighted by molar-refractivity contribution is -0.873. The molecule has 0 aliphatic carbocycles. The van der Waals surface area contributed by atoms with Gasteiger partial charge in [-0.2, -0.15) is 0 Å². The molecule has 0 radical (unpaired) electrons. The topological polar surface area (TPSA) is 63.6 Å². The molecule has 0 saturated heterocycles. The second kappa shape index (κ2) is 18.6. The number of esters is 1. The molecule has 1 unspecified atom stereocenters. The van der Waals surface area contributed by atoms with Gasteiger partial charge in [0.1, 0.15) is 6.54 Å². The Bertz CT molecular complexity index is 597. The molecule has 1 N–H and O–H groups in total. The van der Waals surface area contributed by atoms with E-state index >= 15 is 0 Å². The van der Waals surface area contributed by atoms with Gasteiger partial charge in [-0.25, -0.2) is 0 Å². The number of likely N-dealkylation sites (N-methyl/N-ethyl adjacent to an activating group) is 1. The molecule has 0 aliphatic rings. The number of allylic oxidation sites excluding steroid dienone is 8. The zero-order valence-electron chi connectivity index (χ0n) is 20.1. The third kappa shape index (κ3) is 22.4. The summed E-state index contributed by atoms with van der Waals surface area (Å²) >= 11 is 0. The zero-order chi connectivity index (χ0) is 23.4. The Morgan fingerprint density at radius 2 is 1.39 bits per heavy atom. The monoisotopic (exact) mass is 434 g/mol. The van der Waals surface area contributed by atoms with E-state index in [9.17, 15) is 9.59 Å². The van der Waals surface area contributed by atoms with Crippen molar-refractivity contribution in [1.29, 1.82) is 0 Å². The zero-order valence-corrected chi connectivity index (χ0v) is 20.1. The van der Waals surface area contributed by atoms with Crippen molar-refractivity contribution >= 4 is 11.9 Å². The molecule has 31 heavy (non-hydrogen) atoms. The predicted octanol–water partition coefficient (Wildman–Crippen LogP) is 5.83. The Labute approximate surface area is 189 Å². The minimum Gasteiger partial charge on any atom is -0.481 e. The van der Waals surface area contributed by atoms with E-state index in [1.54, 1.807) is 0 Å². The largest absolute Gasteiger partial charge is 0.481 e. The Kier molecular flexibility index (Phi) is 17.3. The minimum absolute atomic E-state index is 0.146. The van der Waals surface area contributed by atoms with E-state index in [2.05, 4.69) is 55.5 Å². The van der Waals surface area contributed by atoms with Crippen molar-refractivity contribution in [2.75, 3.05) is 27.7 Å². The van der Waals surface area contributed by atoms with Crippen LogP contribution in [0.25, 0.3) is 0 Å². The van der Waals surface area contributed by atoms with Gasteiger partial charge in [-0.3, -0.25) is 9.59 Å². The summed E-state index contributed by atoms with van der Waals surface area (Å²) in [6, 6.07) is 0. The maximum atomic E-state index is 12.0. The maximum Gasteiger partial charge on any atom is 0.307 e. The molecule has 0 aromatic heterocycles. The molecule has 0 aliphatic heterocycles. The molecular weight excluding hydrogens is 390 g/mol. The van der Waals surface area contributed by atoms with Crippen LogP contribution in [0.5, 0.6) is 0 Å². The highest BCUT2D eigenvalue weighted by molar-refractivity contribution is 5.71. The third-order valence-electron chi connectivity index (χ3n) is 4.42. The normalized spacial score (nSPS) is 13.7. The highest BCUT2D eigenvalue weighted by Crippen LogP contribution is 2.10. The number of carboxylic acid groups (broad SMARTS) is 1. The van der Waals surface area contributed by atoms with Crippen LogP contribution in [0.2, 0.25) is 0 Å². The average Bonchev–Trinajstić information content (AvgIpc) is 2.65. The minimum atomic E-state index is -0.941. The lowest BCUT2D eigenvalue weighted by Crippen LogP contribution is -2.43. The van der Waals surface area contributed by atoms with Crippen LogP contribution in [0.3, 0.4) is 0 Å². The van der Waals surface area contributed by atoms with Crippen LogP contribution in [0.15, 0.2) is 48.6 Å². The fraction of sp³-hybridized carbons (Fsp3) is 0.615. The van der Waals surface area contributed by atoms with Crippen LogP contribution in [-0.2, 0) is 14.3 Å². The molecule has 0 saturated carbocycles. The Balaban J connectivity index is 3.82. The van der Waals surface area contributed by atoms with Gasteiger partial charge in [-0.05, 0) is 44.9 Å². The van der Waals surface area contributed by atoms with Gasteiger partial charge in [0, 0.05) is 6.42 Å². The molecule has 0 bridgehead atoms. The summed E-state index contributed by atoms with van der Waals surface area (Å²) in [5.74, 6) is -1.24. The van der Waals surface area contributed by atoms with Crippen LogP contribution in [0.4, 0.5) is 0 Å². The molecule has 0 fully saturated rings. The van der Waals surface area contributed by atoms with Gasteiger partial charge < -0.3 is 14.3 Å². The van der Waals surface area contributed by atoms with Crippen molar-refractivity contribution in [2.45, 2.75) is 77.2 Å². The second-order valence-electron chi connectivity index (χ2n) is 8.78. The number of carboxylic acids is 1. The molecule has 0 aromatic rings. The molecule has 0 spiro atoms. The molecule has 0 heterocycles. The summed E-state index contributed by atoms with van der Waals surface area (Å²) in [4.78, 5) is 23.0. The second-order valence-corrected chi connectivity index (χ2v) is 8.78. The fourth-order valence-corrected chi connectivity index (χ4v) is 3.00. The number of unbranched alkanes of at least 4 members (excludes halogenated alkanes) is 3. The highest BCUT2D eigenvalue weighted by atomic mass is 16.5.